The molecular weight excluding hydrogens is 702 g/mol. The van der Waals surface area contributed by atoms with Gasteiger partial charge in [-0.1, -0.05) is 35.9 Å². The van der Waals surface area contributed by atoms with Crippen LogP contribution in [-0.2, 0) is 20.2 Å². The smallest absolute Gasteiger partial charge is 0.290 e. The lowest BCUT2D eigenvalue weighted by Gasteiger charge is -2.46. The molecule has 0 radical (unpaired) electrons. The minimum atomic E-state index is -4.06. The number of fused-ring (bicyclic) bond motifs is 3. The molecule has 3 saturated heterocycles. The van der Waals surface area contributed by atoms with Crippen molar-refractivity contribution in [2.75, 3.05) is 19.6 Å². The number of likely N-dealkylation sites (tertiary alicyclic amines) is 1. The Labute approximate surface area is 310 Å². The number of ether oxygens (including phenoxy) is 1. The van der Waals surface area contributed by atoms with Gasteiger partial charge in [-0.3, -0.25) is 14.5 Å². The molecule has 0 aliphatic carbocycles. The maximum atomic E-state index is 13.7. The Morgan fingerprint density at radius 2 is 1.71 bits per heavy atom. The van der Waals surface area contributed by atoms with Crippen molar-refractivity contribution in [3.8, 4) is 5.75 Å². The highest BCUT2D eigenvalue weighted by Crippen LogP contribution is 2.45. The first-order chi connectivity index (χ1) is 24.8. The van der Waals surface area contributed by atoms with Crippen LogP contribution in [0, 0.1) is 6.92 Å². The van der Waals surface area contributed by atoms with E-state index in [-0.39, 0.29) is 39.4 Å². The molecule has 1 amide bonds. The van der Waals surface area contributed by atoms with E-state index in [9.17, 15) is 13.2 Å². The predicted molar refractivity (Wildman–Crippen MR) is 201 cm³/mol. The summed E-state index contributed by atoms with van der Waals surface area (Å²) in [6, 6.07) is 22.8. The van der Waals surface area contributed by atoms with E-state index in [0.717, 1.165) is 55.7 Å². The minimum Gasteiger partial charge on any atom is -0.491 e. The van der Waals surface area contributed by atoms with Crippen molar-refractivity contribution < 1.29 is 27.9 Å². The Hall–Kier alpha value is -3.97. The molecule has 3 N–H and O–H groups in total. The van der Waals surface area contributed by atoms with Crippen molar-refractivity contribution in [1.82, 2.24) is 19.4 Å². The first-order valence-electron chi connectivity index (χ1n) is 18.0. The van der Waals surface area contributed by atoms with E-state index in [1.807, 2.05) is 24.8 Å². The molecule has 3 aromatic carbocycles. The molecule has 3 aliphatic heterocycles. The molecule has 3 aliphatic rings. The van der Waals surface area contributed by atoms with Crippen LogP contribution in [0.1, 0.15) is 86.6 Å². The zero-order chi connectivity index (χ0) is 37.2. The van der Waals surface area contributed by atoms with E-state index in [4.69, 9.17) is 36.4 Å². The summed E-state index contributed by atoms with van der Waals surface area (Å²) in [5.74, 6) is 1.75. The molecule has 278 valence electrons. The fourth-order valence-electron chi connectivity index (χ4n) is 8.82. The fraction of sp³-hybridized carbons (Fsp3) is 0.462. The van der Waals surface area contributed by atoms with Crippen LogP contribution in [0.15, 0.2) is 71.6 Å². The van der Waals surface area contributed by atoms with Crippen LogP contribution in [0.4, 0.5) is 0 Å². The van der Waals surface area contributed by atoms with Gasteiger partial charge >= 0.3 is 0 Å². The number of hydrogen-bond donors (Lipinski definition) is 2. The number of benzene rings is 3. The van der Waals surface area contributed by atoms with Crippen molar-refractivity contribution in [2.45, 2.75) is 100 Å². The van der Waals surface area contributed by atoms with Crippen LogP contribution in [0.25, 0.3) is 11.0 Å². The molecule has 2 bridgehead atoms. The summed E-state index contributed by atoms with van der Waals surface area (Å²) < 4.78 is 32.8. The lowest BCUT2D eigenvalue weighted by molar-refractivity contribution is -0.122. The number of carbonyl (C=O) groups excluding carboxylic acids is 1. The van der Waals surface area contributed by atoms with Gasteiger partial charge in [0.15, 0.2) is 0 Å². The number of aromatic nitrogens is 2. The average Bonchev–Trinajstić information content (AvgIpc) is 3.57. The van der Waals surface area contributed by atoms with Crippen LogP contribution < -0.4 is 9.88 Å². The van der Waals surface area contributed by atoms with Crippen LogP contribution in [0.5, 0.6) is 5.75 Å². The number of halogens is 1. The first-order valence-corrected chi connectivity index (χ1v) is 19.9. The highest BCUT2D eigenvalue weighted by Gasteiger charge is 2.44. The molecule has 0 saturated carbocycles. The number of carbonyl (C=O) groups is 2. The zero-order valence-electron chi connectivity index (χ0n) is 29.9. The van der Waals surface area contributed by atoms with Crippen molar-refractivity contribution >= 4 is 45.0 Å². The van der Waals surface area contributed by atoms with Crippen molar-refractivity contribution in [3.63, 3.8) is 0 Å². The summed E-state index contributed by atoms with van der Waals surface area (Å²) >= 11 is 6.11. The number of rotatable bonds is 9. The molecule has 1 unspecified atom stereocenters. The molecule has 3 fully saturated rings. The van der Waals surface area contributed by atoms with Gasteiger partial charge in [-0.2, -0.15) is 0 Å². The number of amides is 1. The normalized spacial score (nSPS) is 21.5. The minimum absolute atomic E-state index is 0.00622. The highest BCUT2D eigenvalue weighted by molar-refractivity contribution is 7.89. The van der Waals surface area contributed by atoms with Crippen molar-refractivity contribution in [3.05, 3.63) is 88.7 Å². The standard InChI is InChI=1S/C38H46ClN5O4S.CH2O2/c1-25(2)48-32-8-6-7-28(22-32)38(15-18-42(19-16-38)37(45)27-11-14-33(39)36(21-27)49(40,46)47)17-20-43-29-12-13-30(43)24-31(23-29)44-26(3)41-34-9-4-5-10-35(34)44;2-1-3/h4-11,14,21-22,25,29-31H,12-13,15-20,23-24H2,1-3H3,(H2,40,46,47);1H,(H,2,3)/t29-,30+,31?;. The van der Waals surface area contributed by atoms with E-state index >= 15 is 0 Å². The van der Waals surface area contributed by atoms with E-state index in [2.05, 4.69) is 58.9 Å². The molecule has 13 heteroatoms. The summed E-state index contributed by atoms with van der Waals surface area (Å²) in [7, 11) is -4.06. The number of aryl methyl sites for hydroxylation is 1. The van der Waals surface area contributed by atoms with Gasteiger partial charge < -0.3 is 19.3 Å². The summed E-state index contributed by atoms with van der Waals surface area (Å²) in [5.41, 5.74) is 3.70. The predicted octanol–water partition coefficient (Wildman–Crippen LogP) is 6.57. The maximum absolute atomic E-state index is 13.7. The highest BCUT2D eigenvalue weighted by atomic mass is 35.5. The van der Waals surface area contributed by atoms with Gasteiger partial charge in [0.25, 0.3) is 12.4 Å². The lowest BCUT2D eigenvalue weighted by Crippen LogP contribution is -2.49. The molecule has 11 nitrogen and oxygen atoms in total. The first kappa shape index (κ1) is 37.8. The number of imidazole rings is 1. The third kappa shape index (κ3) is 7.85. The van der Waals surface area contributed by atoms with Crippen LogP contribution in [0.2, 0.25) is 5.02 Å². The average molecular weight is 750 g/mol. The largest absolute Gasteiger partial charge is 0.491 e. The van der Waals surface area contributed by atoms with Gasteiger partial charge in [0, 0.05) is 42.2 Å². The van der Waals surface area contributed by atoms with Crippen LogP contribution in [-0.4, -0.2) is 83.1 Å². The van der Waals surface area contributed by atoms with Crippen molar-refractivity contribution in [2.24, 2.45) is 5.14 Å². The molecule has 3 atom stereocenters. The number of piperidine rings is 2. The molecule has 52 heavy (non-hydrogen) atoms. The van der Waals surface area contributed by atoms with Gasteiger partial charge in [0.2, 0.25) is 10.0 Å². The molecular formula is C39H48ClN5O6S. The number of carboxylic acid groups (broad SMARTS) is 1. The van der Waals surface area contributed by atoms with Crippen LogP contribution >= 0.6 is 11.6 Å². The van der Waals surface area contributed by atoms with Gasteiger partial charge in [-0.15, -0.1) is 0 Å². The Morgan fingerprint density at radius 1 is 1.04 bits per heavy atom. The van der Waals surface area contributed by atoms with E-state index < -0.39 is 10.0 Å². The summed E-state index contributed by atoms with van der Waals surface area (Å²) in [6.07, 6.45) is 7.36. The summed E-state index contributed by atoms with van der Waals surface area (Å²) in [6.45, 7) is 8.09. The number of sulfonamides is 1. The van der Waals surface area contributed by atoms with Gasteiger partial charge in [0.05, 0.1) is 22.2 Å². The van der Waals surface area contributed by atoms with Gasteiger partial charge in [-0.05, 0) is 120 Å². The fourth-order valence-corrected chi connectivity index (χ4v) is 9.89. The van der Waals surface area contributed by atoms with E-state index in [0.29, 0.717) is 31.2 Å². The van der Waals surface area contributed by atoms with E-state index in [1.165, 1.54) is 36.1 Å². The number of nitrogens with two attached hydrogens (primary N) is 1. The number of nitrogens with zero attached hydrogens (tertiary/aromatic N) is 4. The molecule has 4 aromatic rings. The van der Waals surface area contributed by atoms with Crippen LogP contribution in [0.3, 0.4) is 0 Å². The Bertz CT molecular complexity index is 2010. The number of hydrogen-bond acceptors (Lipinski definition) is 7. The second-order valence-corrected chi connectivity index (χ2v) is 16.5. The summed E-state index contributed by atoms with van der Waals surface area (Å²) in [4.78, 5) is 31.3. The van der Waals surface area contributed by atoms with Gasteiger partial charge in [0.1, 0.15) is 16.5 Å². The third-order valence-corrected chi connectivity index (χ3v) is 12.5. The van der Waals surface area contributed by atoms with E-state index in [1.54, 1.807) is 6.07 Å². The topological polar surface area (TPSA) is 148 Å². The maximum Gasteiger partial charge on any atom is 0.290 e. The second kappa shape index (κ2) is 15.6. The third-order valence-electron chi connectivity index (χ3n) is 11.2. The van der Waals surface area contributed by atoms with Gasteiger partial charge in [-0.25, -0.2) is 18.5 Å². The Kier molecular flexibility index (Phi) is 11.3. The lowest BCUT2D eigenvalue weighted by atomic mass is 9.70. The number of primary sulfonamides is 1. The van der Waals surface area contributed by atoms with Crippen molar-refractivity contribution in [1.29, 1.82) is 0 Å². The monoisotopic (exact) mass is 749 g/mol. The molecule has 0 spiro atoms. The SMILES string of the molecule is Cc1nc2ccccc2n1C1C[C@H]2CC[C@@H](C1)N2CCC1(c2cccc(OC(C)C)c2)CCN(C(=O)c2ccc(Cl)c(S(N)(=O)=O)c2)CC1.O=CO. The molecule has 7 rings (SSSR count). The summed E-state index contributed by atoms with van der Waals surface area (Å²) in [5, 5.41) is 12.3. The Balaban J connectivity index is 0.00000150. The molecule has 4 heterocycles. The zero-order valence-corrected chi connectivity index (χ0v) is 31.5. The second-order valence-electron chi connectivity index (χ2n) is 14.6. The molecule has 1 aromatic heterocycles. The number of para-hydroxylation sites is 2. The Morgan fingerprint density at radius 3 is 2.37 bits per heavy atom. The quantitative estimate of drug-likeness (QED) is 0.183.